The van der Waals surface area contributed by atoms with Crippen molar-refractivity contribution in [3.05, 3.63) is 29.0 Å². The molecule has 1 heterocycles. The molecule has 4 heteroatoms. The van der Waals surface area contributed by atoms with Crippen LogP contribution in [0.25, 0.3) is 11.0 Å². The van der Waals surface area contributed by atoms with Gasteiger partial charge in [0.2, 0.25) is 0 Å². The van der Waals surface area contributed by atoms with Crippen molar-refractivity contribution in [1.82, 2.24) is 9.55 Å². The Labute approximate surface area is 135 Å². The molecule has 2 nitrogen and oxygen atoms in total. The van der Waals surface area contributed by atoms with E-state index in [2.05, 4.69) is 4.57 Å². The van der Waals surface area contributed by atoms with Gasteiger partial charge in [-0.1, -0.05) is 24.1 Å². The van der Waals surface area contributed by atoms with Crippen LogP contribution in [0.15, 0.2) is 18.2 Å². The van der Waals surface area contributed by atoms with E-state index in [-0.39, 0.29) is 5.38 Å². The molecule has 0 amide bonds. The van der Waals surface area contributed by atoms with Crippen molar-refractivity contribution >= 4 is 34.2 Å². The van der Waals surface area contributed by atoms with Crippen molar-refractivity contribution in [2.24, 2.45) is 17.8 Å². The largest absolute Gasteiger partial charge is 0.325 e. The highest BCUT2D eigenvalue weighted by Crippen LogP contribution is 2.49. The van der Waals surface area contributed by atoms with Crippen LogP contribution in [0.2, 0.25) is 5.02 Å². The minimum Gasteiger partial charge on any atom is -0.325 e. The molecule has 0 spiro atoms. The molecule has 4 atom stereocenters. The highest BCUT2D eigenvalue weighted by Gasteiger charge is 2.40. The minimum atomic E-state index is -0.0907. The molecule has 21 heavy (non-hydrogen) atoms. The summed E-state index contributed by atoms with van der Waals surface area (Å²) in [5.41, 5.74) is 2.03. The fourth-order valence-corrected chi connectivity index (χ4v) is 4.92. The third-order valence-corrected chi connectivity index (χ3v) is 5.90. The smallest absolute Gasteiger partial charge is 0.127 e. The molecule has 0 aliphatic heterocycles. The molecule has 2 fully saturated rings. The van der Waals surface area contributed by atoms with Crippen LogP contribution in [-0.2, 0) is 6.54 Å². The van der Waals surface area contributed by atoms with Crippen LogP contribution in [0.5, 0.6) is 0 Å². The Kier molecular flexibility index (Phi) is 3.42. The van der Waals surface area contributed by atoms with Crippen LogP contribution in [-0.4, -0.2) is 9.55 Å². The van der Waals surface area contributed by atoms with Crippen molar-refractivity contribution in [2.45, 2.75) is 44.5 Å². The van der Waals surface area contributed by atoms with Crippen LogP contribution < -0.4 is 0 Å². The molecular formula is C17H20Cl2N2. The highest BCUT2D eigenvalue weighted by atomic mass is 35.5. The third-order valence-electron chi connectivity index (χ3n) is 5.40. The van der Waals surface area contributed by atoms with E-state index in [9.17, 15) is 0 Å². The lowest BCUT2D eigenvalue weighted by Crippen LogP contribution is -2.19. The fraction of sp³-hybridized carbons (Fsp3) is 0.588. The second-order valence-electron chi connectivity index (χ2n) is 6.74. The lowest BCUT2D eigenvalue weighted by Gasteiger charge is -2.24. The Morgan fingerprint density at radius 1 is 1.33 bits per heavy atom. The molecule has 4 rings (SSSR count). The van der Waals surface area contributed by atoms with Gasteiger partial charge in [0.1, 0.15) is 5.82 Å². The van der Waals surface area contributed by atoms with Gasteiger partial charge in [0.25, 0.3) is 0 Å². The number of hydrogen-bond acceptors (Lipinski definition) is 1. The summed E-state index contributed by atoms with van der Waals surface area (Å²) < 4.78 is 2.29. The second kappa shape index (κ2) is 5.17. The molecule has 0 N–H and O–H groups in total. The average molecular weight is 323 g/mol. The number of rotatable bonds is 3. The number of alkyl halides is 1. The lowest BCUT2D eigenvalue weighted by atomic mass is 9.88. The quantitative estimate of drug-likeness (QED) is 0.689. The van der Waals surface area contributed by atoms with E-state index in [0.29, 0.717) is 0 Å². The third kappa shape index (κ3) is 2.27. The standard InChI is InChI=1S/C17H20Cl2N2/c1-10(18)17-20-15-4-2-3-14(19)16(15)21(17)9-13-8-11-5-6-12(13)7-11/h2-4,10-13H,5-9H2,1H3. The first-order valence-corrected chi connectivity index (χ1v) is 8.73. The summed E-state index contributed by atoms with van der Waals surface area (Å²) in [5.74, 6) is 3.59. The van der Waals surface area contributed by atoms with Crippen molar-refractivity contribution in [3.63, 3.8) is 0 Å². The Hall–Kier alpha value is -0.730. The molecule has 0 saturated heterocycles. The van der Waals surface area contributed by atoms with E-state index in [0.717, 1.165) is 46.2 Å². The summed E-state index contributed by atoms with van der Waals surface area (Å²) in [5, 5.41) is 0.693. The van der Waals surface area contributed by atoms with Crippen LogP contribution in [0.3, 0.4) is 0 Å². The van der Waals surface area contributed by atoms with E-state index < -0.39 is 0 Å². The molecule has 2 saturated carbocycles. The van der Waals surface area contributed by atoms with Gasteiger partial charge in [0, 0.05) is 6.54 Å². The number of benzene rings is 1. The summed E-state index contributed by atoms with van der Waals surface area (Å²) in [6, 6.07) is 5.94. The van der Waals surface area contributed by atoms with Gasteiger partial charge >= 0.3 is 0 Å². The zero-order chi connectivity index (χ0) is 14.6. The number of hydrogen-bond donors (Lipinski definition) is 0. The Morgan fingerprint density at radius 2 is 2.19 bits per heavy atom. The molecule has 112 valence electrons. The van der Waals surface area contributed by atoms with Gasteiger partial charge in [0.15, 0.2) is 0 Å². The van der Waals surface area contributed by atoms with E-state index >= 15 is 0 Å². The second-order valence-corrected chi connectivity index (χ2v) is 7.80. The Bertz CT molecular complexity index is 677. The molecule has 4 unspecified atom stereocenters. The molecule has 2 aliphatic rings. The molecule has 1 aromatic carbocycles. The minimum absolute atomic E-state index is 0.0907. The number of para-hydroxylation sites is 1. The zero-order valence-electron chi connectivity index (χ0n) is 12.2. The van der Waals surface area contributed by atoms with Crippen molar-refractivity contribution in [1.29, 1.82) is 0 Å². The number of fused-ring (bicyclic) bond motifs is 3. The maximum absolute atomic E-state index is 6.44. The highest BCUT2D eigenvalue weighted by molar-refractivity contribution is 6.35. The van der Waals surface area contributed by atoms with Crippen LogP contribution >= 0.6 is 23.2 Å². The van der Waals surface area contributed by atoms with Gasteiger partial charge in [0.05, 0.1) is 21.4 Å². The monoisotopic (exact) mass is 322 g/mol. The van der Waals surface area contributed by atoms with Gasteiger partial charge < -0.3 is 4.57 Å². The summed E-state index contributed by atoms with van der Waals surface area (Å²) in [7, 11) is 0. The number of aromatic nitrogens is 2. The van der Waals surface area contributed by atoms with Gasteiger partial charge in [-0.15, -0.1) is 11.6 Å². The number of nitrogens with zero attached hydrogens (tertiary/aromatic N) is 2. The first-order chi connectivity index (χ1) is 10.1. The predicted molar refractivity (Wildman–Crippen MR) is 87.9 cm³/mol. The van der Waals surface area contributed by atoms with E-state index in [4.69, 9.17) is 28.2 Å². The lowest BCUT2D eigenvalue weighted by molar-refractivity contribution is 0.295. The molecule has 2 aliphatic carbocycles. The first-order valence-electron chi connectivity index (χ1n) is 7.92. The van der Waals surface area contributed by atoms with Crippen molar-refractivity contribution in [2.75, 3.05) is 0 Å². The van der Waals surface area contributed by atoms with Gasteiger partial charge in [-0.25, -0.2) is 4.98 Å². The molecule has 1 aromatic heterocycles. The van der Waals surface area contributed by atoms with Crippen LogP contribution in [0.1, 0.15) is 43.8 Å². The molecular weight excluding hydrogens is 303 g/mol. The van der Waals surface area contributed by atoms with Gasteiger partial charge in [-0.2, -0.15) is 0 Å². The topological polar surface area (TPSA) is 17.8 Å². The average Bonchev–Trinajstić information content (AvgIpc) is 3.13. The maximum atomic E-state index is 6.44. The zero-order valence-corrected chi connectivity index (χ0v) is 13.7. The van der Waals surface area contributed by atoms with Gasteiger partial charge in [-0.05, 0) is 56.1 Å². The van der Waals surface area contributed by atoms with E-state index in [1.54, 1.807) is 0 Å². The summed E-state index contributed by atoms with van der Waals surface area (Å²) >= 11 is 12.8. The molecule has 2 bridgehead atoms. The fourth-order valence-electron chi connectivity index (χ4n) is 4.48. The normalized spacial score (nSPS) is 29.4. The van der Waals surface area contributed by atoms with Crippen molar-refractivity contribution in [3.8, 4) is 0 Å². The summed E-state index contributed by atoms with van der Waals surface area (Å²) in [4.78, 5) is 4.72. The molecule has 2 aromatic rings. The molecule has 0 radical (unpaired) electrons. The SMILES string of the molecule is CC(Cl)c1nc2cccc(Cl)c2n1CC1CC2CCC1C2. The van der Waals surface area contributed by atoms with Crippen LogP contribution in [0, 0.1) is 17.8 Å². The van der Waals surface area contributed by atoms with E-state index in [1.165, 1.54) is 25.7 Å². The van der Waals surface area contributed by atoms with Crippen molar-refractivity contribution < 1.29 is 0 Å². The number of imidazole rings is 1. The van der Waals surface area contributed by atoms with Gasteiger partial charge in [-0.3, -0.25) is 0 Å². The maximum Gasteiger partial charge on any atom is 0.127 e. The number of halogens is 2. The Balaban J connectivity index is 1.77. The Morgan fingerprint density at radius 3 is 2.86 bits per heavy atom. The predicted octanol–water partition coefficient (Wildman–Crippen LogP) is 5.43. The first kappa shape index (κ1) is 13.9. The summed E-state index contributed by atoms with van der Waals surface area (Å²) in [6.45, 7) is 3.02. The summed E-state index contributed by atoms with van der Waals surface area (Å²) in [6.07, 6.45) is 5.63. The van der Waals surface area contributed by atoms with Crippen LogP contribution in [0.4, 0.5) is 0 Å². The van der Waals surface area contributed by atoms with E-state index in [1.807, 2.05) is 25.1 Å².